The van der Waals surface area contributed by atoms with Gasteiger partial charge in [-0.25, -0.2) is 4.39 Å². The van der Waals surface area contributed by atoms with Gasteiger partial charge in [0, 0.05) is 13.5 Å². The van der Waals surface area contributed by atoms with Crippen LogP contribution in [0.2, 0.25) is 0 Å². The molecule has 1 saturated heterocycles. The third-order valence-electron chi connectivity index (χ3n) is 3.51. The van der Waals surface area contributed by atoms with Crippen molar-refractivity contribution >= 4 is 23.9 Å². The summed E-state index contributed by atoms with van der Waals surface area (Å²) in [5, 5.41) is 13.5. The maximum absolute atomic E-state index is 12.9. The number of carbonyl (C=O) groups excluding carboxylic acids is 3. The normalized spacial score (nSPS) is 17.9. The van der Waals surface area contributed by atoms with Crippen molar-refractivity contribution in [2.75, 3.05) is 6.54 Å². The van der Waals surface area contributed by atoms with Gasteiger partial charge < -0.3 is 20.1 Å². The summed E-state index contributed by atoms with van der Waals surface area (Å²) in [5.74, 6) is -2.81. The Balaban J connectivity index is 2.30. The smallest absolute Gasteiger partial charge is 0.270 e. The van der Waals surface area contributed by atoms with E-state index in [0.29, 0.717) is 18.4 Å². The summed E-state index contributed by atoms with van der Waals surface area (Å²) in [6, 6.07) is 4.34. The molecule has 0 radical (unpaired) electrons. The van der Waals surface area contributed by atoms with Gasteiger partial charge in [-0.05, 0) is 36.6 Å². The van der Waals surface area contributed by atoms with Crippen molar-refractivity contribution in [3.8, 4) is 0 Å². The lowest BCUT2D eigenvalue weighted by atomic mass is 10.1. The molecule has 2 amide bonds. The fourth-order valence-corrected chi connectivity index (χ4v) is 2.48. The summed E-state index contributed by atoms with van der Waals surface area (Å²) >= 11 is 0. The number of aliphatic carboxylic acids is 1. The predicted molar refractivity (Wildman–Crippen MR) is 77.9 cm³/mol. The highest BCUT2D eigenvalue weighted by atomic mass is 19.1. The maximum Gasteiger partial charge on any atom is 0.270 e. The molecule has 1 aromatic carbocycles. The molecular formula is C16H16FN2O4-. The highest BCUT2D eigenvalue weighted by Crippen LogP contribution is 2.19. The highest BCUT2D eigenvalue weighted by Gasteiger charge is 2.31. The molecule has 1 atom stereocenters. The van der Waals surface area contributed by atoms with Crippen LogP contribution in [-0.4, -0.2) is 35.3 Å². The van der Waals surface area contributed by atoms with Gasteiger partial charge in [0.1, 0.15) is 11.5 Å². The Morgan fingerprint density at radius 2 is 1.96 bits per heavy atom. The summed E-state index contributed by atoms with van der Waals surface area (Å²) in [7, 11) is 0. The molecule has 23 heavy (non-hydrogen) atoms. The lowest BCUT2D eigenvalue weighted by molar-refractivity contribution is -0.310. The summed E-state index contributed by atoms with van der Waals surface area (Å²) < 4.78 is 12.9. The van der Waals surface area contributed by atoms with Crippen LogP contribution in [-0.2, 0) is 14.4 Å². The maximum atomic E-state index is 12.9. The molecule has 122 valence electrons. The Labute approximate surface area is 132 Å². The average Bonchev–Trinajstić information content (AvgIpc) is 2.97. The van der Waals surface area contributed by atoms with E-state index in [-0.39, 0.29) is 12.2 Å². The molecule has 7 heteroatoms. The van der Waals surface area contributed by atoms with Crippen molar-refractivity contribution in [1.29, 1.82) is 0 Å². The van der Waals surface area contributed by atoms with Gasteiger partial charge in [-0.15, -0.1) is 0 Å². The van der Waals surface area contributed by atoms with Crippen LogP contribution in [0, 0.1) is 5.82 Å². The fraction of sp³-hybridized carbons (Fsp3) is 0.312. The van der Waals surface area contributed by atoms with E-state index in [1.807, 2.05) is 0 Å². The van der Waals surface area contributed by atoms with Crippen LogP contribution in [0.25, 0.3) is 6.08 Å². The van der Waals surface area contributed by atoms with Crippen LogP contribution < -0.4 is 10.4 Å². The standard InChI is InChI=1S/C16H17FN2O4/c1-10(20)18-13(9-11-4-6-12(17)7-5-11)15(21)19-8-2-3-14(19)16(22)23/h4-7,9,14H,2-3,8H2,1H3,(H,18,20)(H,22,23)/p-1/b13-9-/t14-/m1/s1. The average molecular weight is 319 g/mol. The molecule has 1 N–H and O–H groups in total. The molecule has 1 heterocycles. The highest BCUT2D eigenvalue weighted by molar-refractivity contribution is 6.02. The molecule has 1 fully saturated rings. The van der Waals surface area contributed by atoms with Crippen molar-refractivity contribution in [2.45, 2.75) is 25.8 Å². The van der Waals surface area contributed by atoms with Gasteiger partial charge in [-0.2, -0.15) is 0 Å². The number of hydrogen-bond acceptors (Lipinski definition) is 4. The fourth-order valence-electron chi connectivity index (χ4n) is 2.48. The minimum Gasteiger partial charge on any atom is -0.548 e. The van der Waals surface area contributed by atoms with E-state index in [9.17, 15) is 23.9 Å². The molecule has 1 aliphatic rings. The second-order valence-electron chi connectivity index (χ2n) is 5.27. The second-order valence-corrected chi connectivity index (χ2v) is 5.27. The quantitative estimate of drug-likeness (QED) is 0.794. The molecule has 1 aliphatic heterocycles. The number of hydrogen-bond donors (Lipinski definition) is 1. The number of benzene rings is 1. The largest absolute Gasteiger partial charge is 0.548 e. The van der Waals surface area contributed by atoms with Gasteiger partial charge >= 0.3 is 0 Å². The first-order chi connectivity index (χ1) is 10.9. The van der Waals surface area contributed by atoms with E-state index in [1.54, 1.807) is 0 Å². The lowest BCUT2D eigenvalue weighted by Crippen LogP contribution is -2.48. The molecule has 0 saturated carbocycles. The number of likely N-dealkylation sites (tertiary alicyclic amines) is 1. The summed E-state index contributed by atoms with van der Waals surface area (Å²) in [6.07, 6.45) is 2.25. The number of rotatable bonds is 4. The lowest BCUT2D eigenvalue weighted by Gasteiger charge is -2.26. The predicted octanol–water partition coefficient (Wildman–Crippen LogP) is 0.0436. The van der Waals surface area contributed by atoms with Crippen LogP contribution in [0.1, 0.15) is 25.3 Å². The number of carboxylic acids is 1. The van der Waals surface area contributed by atoms with E-state index in [1.165, 1.54) is 42.2 Å². The number of carboxylic acid groups (broad SMARTS) is 1. The third-order valence-corrected chi connectivity index (χ3v) is 3.51. The molecule has 2 rings (SSSR count). The molecule has 0 bridgehead atoms. The zero-order valence-electron chi connectivity index (χ0n) is 12.5. The minimum atomic E-state index is -1.32. The summed E-state index contributed by atoms with van der Waals surface area (Å²) in [5.41, 5.74) is 0.449. The van der Waals surface area contributed by atoms with E-state index in [0.717, 1.165) is 0 Å². The molecule has 0 unspecified atom stereocenters. The Morgan fingerprint density at radius 3 is 2.52 bits per heavy atom. The second kappa shape index (κ2) is 7.04. The van der Waals surface area contributed by atoms with Crippen molar-refractivity contribution in [1.82, 2.24) is 10.2 Å². The topological polar surface area (TPSA) is 89.5 Å². The number of amides is 2. The number of carbonyl (C=O) groups is 3. The molecular weight excluding hydrogens is 303 g/mol. The number of halogens is 1. The van der Waals surface area contributed by atoms with Gasteiger partial charge in [0.15, 0.2) is 0 Å². The minimum absolute atomic E-state index is 0.0581. The van der Waals surface area contributed by atoms with E-state index in [4.69, 9.17) is 0 Å². The van der Waals surface area contributed by atoms with Gasteiger partial charge in [-0.1, -0.05) is 12.1 Å². The van der Waals surface area contributed by atoms with Crippen LogP contribution in [0.15, 0.2) is 30.0 Å². The van der Waals surface area contributed by atoms with E-state index < -0.39 is 29.6 Å². The van der Waals surface area contributed by atoms with Crippen LogP contribution >= 0.6 is 0 Å². The zero-order valence-corrected chi connectivity index (χ0v) is 12.5. The Hall–Kier alpha value is -2.70. The number of nitrogens with one attached hydrogen (secondary N) is 1. The van der Waals surface area contributed by atoms with Crippen molar-refractivity contribution in [3.05, 3.63) is 41.3 Å². The SMILES string of the molecule is CC(=O)N/C(=C\c1ccc(F)cc1)C(=O)N1CCC[C@@H]1C(=O)[O-]. The van der Waals surface area contributed by atoms with Crippen molar-refractivity contribution < 1.29 is 23.9 Å². The van der Waals surface area contributed by atoms with Gasteiger partial charge in [0.05, 0.1) is 12.0 Å². The molecule has 0 aliphatic carbocycles. The zero-order chi connectivity index (χ0) is 17.0. The third kappa shape index (κ3) is 4.15. The van der Waals surface area contributed by atoms with Gasteiger partial charge in [0.25, 0.3) is 5.91 Å². The van der Waals surface area contributed by atoms with E-state index >= 15 is 0 Å². The molecule has 0 aromatic heterocycles. The van der Waals surface area contributed by atoms with Crippen molar-refractivity contribution in [2.24, 2.45) is 0 Å². The van der Waals surface area contributed by atoms with Crippen LogP contribution in [0.5, 0.6) is 0 Å². The molecule has 1 aromatic rings. The van der Waals surface area contributed by atoms with Crippen LogP contribution in [0.3, 0.4) is 0 Å². The monoisotopic (exact) mass is 319 g/mol. The molecule has 0 spiro atoms. The first-order valence-corrected chi connectivity index (χ1v) is 7.15. The Bertz CT molecular complexity index is 655. The Morgan fingerprint density at radius 1 is 1.30 bits per heavy atom. The number of nitrogens with zero attached hydrogens (tertiary/aromatic N) is 1. The summed E-state index contributed by atoms with van der Waals surface area (Å²) in [4.78, 5) is 36.1. The van der Waals surface area contributed by atoms with Crippen LogP contribution in [0.4, 0.5) is 4.39 Å². The van der Waals surface area contributed by atoms with Crippen molar-refractivity contribution in [3.63, 3.8) is 0 Å². The van der Waals surface area contributed by atoms with E-state index in [2.05, 4.69) is 5.32 Å². The van der Waals surface area contributed by atoms with Gasteiger partial charge in [-0.3, -0.25) is 9.59 Å². The van der Waals surface area contributed by atoms with Gasteiger partial charge in [0.2, 0.25) is 5.91 Å². The Kier molecular flexibility index (Phi) is 5.10. The summed E-state index contributed by atoms with van der Waals surface area (Å²) in [6.45, 7) is 1.52. The first-order valence-electron chi connectivity index (χ1n) is 7.15. The first kappa shape index (κ1) is 16.7. The molecule has 6 nitrogen and oxygen atoms in total.